The van der Waals surface area contributed by atoms with Gasteiger partial charge >= 0.3 is 0 Å². The average molecular weight is 536 g/mol. The molecule has 0 fully saturated rings. The molecule has 31 heavy (non-hydrogen) atoms. The minimum Gasteiger partial charge on any atom is -0.491 e. The monoisotopic (exact) mass is 536 g/mol. The van der Waals surface area contributed by atoms with Crippen molar-refractivity contribution in [1.29, 1.82) is 0 Å². The number of halogens is 1. The van der Waals surface area contributed by atoms with Gasteiger partial charge in [-0.05, 0) is 18.6 Å². The van der Waals surface area contributed by atoms with Crippen molar-refractivity contribution in [3.8, 4) is 17.1 Å². The van der Waals surface area contributed by atoms with E-state index in [0.717, 1.165) is 33.9 Å². The number of aliphatic imine (C=N–C) groups is 1. The summed E-state index contributed by atoms with van der Waals surface area (Å²) < 4.78 is 16.4. The lowest BCUT2D eigenvalue weighted by molar-refractivity contribution is 0.145. The number of rotatable bonds is 9. The maximum absolute atomic E-state index is 5.85. The fourth-order valence-corrected chi connectivity index (χ4v) is 2.88. The first-order valence-electron chi connectivity index (χ1n) is 9.86. The standard InChI is InChI=1S/C23H28N4O3.HI/c1-17-9-10-19(21(13-17)29-12-11-28-3)15-25-23(24-2)26-16-20-14-22(30-27-20)18-7-5-4-6-8-18;/h4-10,13-14H,11-12,15-16H2,1-3H3,(H2,24,25,26);1H. The summed E-state index contributed by atoms with van der Waals surface area (Å²) >= 11 is 0. The molecule has 8 heteroatoms. The molecule has 0 saturated carbocycles. The van der Waals surface area contributed by atoms with Crippen LogP contribution in [0.25, 0.3) is 11.3 Å². The van der Waals surface area contributed by atoms with Crippen LogP contribution in [0.3, 0.4) is 0 Å². The predicted molar refractivity (Wildman–Crippen MR) is 133 cm³/mol. The molecule has 0 aliphatic heterocycles. The van der Waals surface area contributed by atoms with Gasteiger partial charge in [-0.3, -0.25) is 4.99 Å². The summed E-state index contributed by atoms with van der Waals surface area (Å²) in [5.41, 5.74) is 4.00. The lowest BCUT2D eigenvalue weighted by Crippen LogP contribution is -2.36. The number of nitrogens with zero attached hydrogens (tertiary/aromatic N) is 2. The average Bonchev–Trinajstić information content (AvgIpc) is 3.25. The van der Waals surface area contributed by atoms with Crippen LogP contribution in [0.5, 0.6) is 5.75 Å². The Morgan fingerprint density at radius 1 is 1.03 bits per heavy atom. The molecule has 7 nitrogen and oxygen atoms in total. The van der Waals surface area contributed by atoms with E-state index < -0.39 is 0 Å². The maximum Gasteiger partial charge on any atom is 0.191 e. The zero-order chi connectivity index (χ0) is 21.2. The molecule has 0 bridgehead atoms. The van der Waals surface area contributed by atoms with Crippen LogP contribution in [-0.2, 0) is 17.8 Å². The van der Waals surface area contributed by atoms with E-state index in [1.165, 1.54) is 0 Å². The van der Waals surface area contributed by atoms with Gasteiger partial charge in [-0.15, -0.1) is 24.0 Å². The summed E-state index contributed by atoms with van der Waals surface area (Å²) in [6.07, 6.45) is 0. The second-order valence-electron chi connectivity index (χ2n) is 6.78. The Bertz CT molecular complexity index is 960. The van der Waals surface area contributed by atoms with Gasteiger partial charge in [0.05, 0.1) is 13.2 Å². The Kier molecular flexibility index (Phi) is 10.3. The molecule has 0 radical (unpaired) electrons. The molecule has 0 spiro atoms. The van der Waals surface area contributed by atoms with Gasteiger partial charge < -0.3 is 24.6 Å². The maximum atomic E-state index is 5.85. The molecule has 3 rings (SSSR count). The second-order valence-corrected chi connectivity index (χ2v) is 6.78. The Hall–Kier alpha value is -2.59. The number of hydrogen-bond acceptors (Lipinski definition) is 5. The van der Waals surface area contributed by atoms with Crippen molar-refractivity contribution in [2.24, 2.45) is 4.99 Å². The van der Waals surface area contributed by atoms with Gasteiger partial charge in [0.15, 0.2) is 11.7 Å². The van der Waals surface area contributed by atoms with Crippen LogP contribution in [0.1, 0.15) is 16.8 Å². The van der Waals surface area contributed by atoms with Crippen molar-refractivity contribution in [2.45, 2.75) is 20.0 Å². The van der Waals surface area contributed by atoms with E-state index in [0.29, 0.717) is 32.3 Å². The van der Waals surface area contributed by atoms with Crippen molar-refractivity contribution >= 4 is 29.9 Å². The number of ether oxygens (including phenoxy) is 2. The SMILES string of the molecule is CN=C(NCc1cc(-c2ccccc2)on1)NCc1ccc(C)cc1OCCOC.I. The van der Waals surface area contributed by atoms with E-state index in [2.05, 4.69) is 32.9 Å². The van der Waals surface area contributed by atoms with Gasteiger partial charge in [0.25, 0.3) is 0 Å². The number of aryl methyl sites for hydroxylation is 1. The smallest absolute Gasteiger partial charge is 0.191 e. The third-order valence-electron chi connectivity index (χ3n) is 4.49. The molecule has 1 aromatic heterocycles. The molecule has 0 unspecified atom stereocenters. The van der Waals surface area contributed by atoms with Gasteiger partial charge in [-0.25, -0.2) is 0 Å². The third kappa shape index (κ3) is 7.55. The number of benzene rings is 2. The number of aromatic nitrogens is 1. The Morgan fingerprint density at radius 3 is 2.55 bits per heavy atom. The van der Waals surface area contributed by atoms with Crippen LogP contribution < -0.4 is 15.4 Å². The molecule has 0 aliphatic carbocycles. The molecule has 0 atom stereocenters. The zero-order valence-corrected chi connectivity index (χ0v) is 20.4. The highest BCUT2D eigenvalue weighted by Gasteiger charge is 2.09. The van der Waals surface area contributed by atoms with Crippen molar-refractivity contribution in [3.05, 3.63) is 71.4 Å². The number of nitrogens with one attached hydrogen (secondary N) is 2. The topological polar surface area (TPSA) is 80.9 Å². The summed E-state index contributed by atoms with van der Waals surface area (Å²) in [4.78, 5) is 4.28. The lowest BCUT2D eigenvalue weighted by Gasteiger charge is -2.15. The van der Waals surface area contributed by atoms with Crippen molar-refractivity contribution in [1.82, 2.24) is 15.8 Å². The lowest BCUT2D eigenvalue weighted by atomic mass is 10.1. The van der Waals surface area contributed by atoms with Crippen molar-refractivity contribution in [3.63, 3.8) is 0 Å². The van der Waals surface area contributed by atoms with E-state index in [-0.39, 0.29) is 24.0 Å². The molecule has 3 aromatic rings. The van der Waals surface area contributed by atoms with Crippen LogP contribution in [0.4, 0.5) is 0 Å². The van der Waals surface area contributed by atoms with E-state index in [1.807, 2.05) is 49.4 Å². The summed E-state index contributed by atoms with van der Waals surface area (Å²) in [6, 6.07) is 18.0. The van der Waals surface area contributed by atoms with Gasteiger partial charge in [-0.1, -0.05) is 47.6 Å². The van der Waals surface area contributed by atoms with Crippen molar-refractivity contribution < 1.29 is 14.0 Å². The van der Waals surface area contributed by atoms with Crippen LogP contribution in [-0.4, -0.2) is 38.5 Å². The predicted octanol–water partition coefficient (Wildman–Crippen LogP) is 4.16. The second kappa shape index (κ2) is 13.0. The fraction of sp³-hybridized carbons (Fsp3) is 0.304. The highest BCUT2D eigenvalue weighted by molar-refractivity contribution is 14.0. The highest BCUT2D eigenvalue weighted by Crippen LogP contribution is 2.21. The van der Waals surface area contributed by atoms with E-state index in [1.54, 1.807) is 14.2 Å². The number of methoxy groups -OCH3 is 1. The molecule has 0 saturated heterocycles. The summed E-state index contributed by atoms with van der Waals surface area (Å²) in [5, 5.41) is 10.7. The fourth-order valence-electron chi connectivity index (χ4n) is 2.88. The third-order valence-corrected chi connectivity index (χ3v) is 4.49. The molecule has 0 aliphatic rings. The number of guanidine groups is 1. The Labute approximate surface area is 200 Å². The number of hydrogen-bond donors (Lipinski definition) is 2. The van der Waals surface area contributed by atoms with Gasteiger partial charge in [0.2, 0.25) is 0 Å². The first-order chi connectivity index (χ1) is 14.7. The first-order valence-corrected chi connectivity index (χ1v) is 9.86. The summed E-state index contributed by atoms with van der Waals surface area (Å²) in [7, 11) is 3.40. The van der Waals surface area contributed by atoms with Gasteiger partial charge in [0, 0.05) is 37.9 Å². The van der Waals surface area contributed by atoms with Gasteiger partial charge in [0.1, 0.15) is 18.1 Å². The molecule has 2 N–H and O–H groups in total. The van der Waals surface area contributed by atoms with Crippen molar-refractivity contribution in [2.75, 3.05) is 27.4 Å². The summed E-state index contributed by atoms with van der Waals surface area (Å²) in [6.45, 7) is 4.18. The Morgan fingerprint density at radius 2 is 1.81 bits per heavy atom. The van der Waals surface area contributed by atoms with Crippen LogP contribution >= 0.6 is 24.0 Å². The molecular formula is C23H29IN4O3. The minimum atomic E-state index is 0. The van der Waals surface area contributed by atoms with E-state index in [4.69, 9.17) is 14.0 Å². The quantitative estimate of drug-likeness (QED) is 0.185. The van der Waals surface area contributed by atoms with E-state index in [9.17, 15) is 0 Å². The highest BCUT2D eigenvalue weighted by atomic mass is 127. The molecule has 2 aromatic carbocycles. The summed E-state index contributed by atoms with van der Waals surface area (Å²) in [5.74, 6) is 2.26. The van der Waals surface area contributed by atoms with Crippen LogP contribution in [0.15, 0.2) is 64.1 Å². The molecule has 1 heterocycles. The van der Waals surface area contributed by atoms with Gasteiger partial charge in [-0.2, -0.15) is 0 Å². The largest absolute Gasteiger partial charge is 0.491 e. The molecule has 166 valence electrons. The van der Waals surface area contributed by atoms with Crippen LogP contribution in [0, 0.1) is 6.92 Å². The Balaban J connectivity index is 0.00000341. The molecule has 0 amide bonds. The molecular weight excluding hydrogens is 507 g/mol. The normalized spacial score (nSPS) is 11.0. The van der Waals surface area contributed by atoms with Crippen LogP contribution in [0.2, 0.25) is 0 Å². The minimum absolute atomic E-state index is 0. The first kappa shape index (κ1) is 24.7. The zero-order valence-electron chi connectivity index (χ0n) is 18.1. The van der Waals surface area contributed by atoms with E-state index >= 15 is 0 Å².